The summed E-state index contributed by atoms with van der Waals surface area (Å²) in [6.45, 7) is 2.14. The minimum atomic E-state index is -0.283. The van der Waals surface area contributed by atoms with Crippen molar-refractivity contribution >= 4 is 28.9 Å². The van der Waals surface area contributed by atoms with Crippen molar-refractivity contribution in [1.82, 2.24) is 25.0 Å². The van der Waals surface area contributed by atoms with Crippen LogP contribution in [0.4, 0.5) is 0 Å². The number of rotatable bonds is 5. The summed E-state index contributed by atoms with van der Waals surface area (Å²) in [6.07, 6.45) is 1.44. The molecule has 0 aliphatic rings. The van der Waals surface area contributed by atoms with Crippen LogP contribution in [0, 0.1) is 0 Å². The Hall–Kier alpha value is -2.48. The molecule has 2 aromatic heterocycles. The minimum Gasteiger partial charge on any atom is -0.465 e. The first-order valence-electron chi connectivity index (χ1n) is 6.70. The zero-order valence-electron chi connectivity index (χ0n) is 11.8. The fraction of sp³-hybridized carbons (Fsp3) is 0.214. The molecule has 7 nitrogen and oxygen atoms in total. The number of benzene rings is 1. The Morgan fingerprint density at radius 1 is 1.27 bits per heavy atom. The van der Waals surface area contributed by atoms with E-state index in [0.717, 1.165) is 5.69 Å². The van der Waals surface area contributed by atoms with E-state index in [1.54, 1.807) is 11.6 Å². The maximum absolute atomic E-state index is 11.5. The Morgan fingerprint density at radius 2 is 2.09 bits per heavy atom. The van der Waals surface area contributed by atoms with Crippen molar-refractivity contribution in [2.75, 3.05) is 12.4 Å². The Labute approximate surface area is 130 Å². The fourth-order valence-corrected chi connectivity index (χ4v) is 2.64. The molecule has 0 aliphatic heterocycles. The molecule has 0 bridgehead atoms. The van der Waals surface area contributed by atoms with Gasteiger partial charge in [-0.1, -0.05) is 35.2 Å². The Kier molecular flexibility index (Phi) is 4.29. The highest BCUT2D eigenvalue weighted by atomic mass is 32.2. The van der Waals surface area contributed by atoms with Crippen LogP contribution in [0.15, 0.2) is 41.7 Å². The number of thioether (sulfide) groups is 1. The van der Waals surface area contributed by atoms with Gasteiger partial charge in [-0.25, -0.2) is 9.97 Å². The van der Waals surface area contributed by atoms with Crippen molar-refractivity contribution < 1.29 is 9.53 Å². The smallest absolute Gasteiger partial charge is 0.316 e. The fourth-order valence-electron chi connectivity index (χ4n) is 1.91. The second-order valence-corrected chi connectivity index (χ2v) is 5.25. The van der Waals surface area contributed by atoms with Gasteiger partial charge in [0.15, 0.2) is 11.2 Å². The molecule has 0 amide bonds. The molecule has 0 saturated heterocycles. The Balaban J connectivity index is 1.91. The molecule has 3 rings (SSSR count). The van der Waals surface area contributed by atoms with Crippen molar-refractivity contribution in [3.05, 3.63) is 36.7 Å². The minimum absolute atomic E-state index is 0.179. The molecule has 0 spiro atoms. The lowest BCUT2D eigenvalue weighted by Gasteiger charge is -2.02. The van der Waals surface area contributed by atoms with Crippen LogP contribution in [0.5, 0.6) is 0 Å². The number of nitrogens with zero attached hydrogens (tertiary/aromatic N) is 5. The van der Waals surface area contributed by atoms with Gasteiger partial charge in [0.1, 0.15) is 11.4 Å². The summed E-state index contributed by atoms with van der Waals surface area (Å²) >= 11 is 1.27. The second-order valence-electron chi connectivity index (χ2n) is 4.28. The van der Waals surface area contributed by atoms with Gasteiger partial charge in [-0.3, -0.25) is 4.79 Å². The lowest BCUT2D eigenvalue weighted by atomic mass is 10.3. The summed E-state index contributed by atoms with van der Waals surface area (Å²) < 4.78 is 6.55. The molecule has 112 valence electrons. The lowest BCUT2D eigenvalue weighted by Crippen LogP contribution is -2.06. The van der Waals surface area contributed by atoms with Gasteiger partial charge in [-0.2, -0.15) is 4.68 Å². The van der Waals surface area contributed by atoms with Gasteiger partial charge >= 0.3 is 5.97 Å². The van der Waals surface area contributed by atoms with E-state index >= 15 is 0 Å². The van der Waals surface area contributed by atoms with Crippen molar-refractivity contribution in [1.29, 1.82) is 0 Å². The number of hydrogen-bond donors (Lipinski definition) is 0. The summed E-state index contributed by atoms with van der Waals surface area (Å²) in [6, 6.07) is 9.60. The zero-order valence-corrected chi connectivity index (χ0v) is 12.7. The third-order valence-corrected chi connectivity index (χ3v) is 3.79. The summed E-state index contributed by atoms with van der Waals surface area (Å²) in [5.74, 6) is -0.104. The van der Waals surface area contributed by atoms with Gasteiger partial charge in [0.25, 0.3) is 0 Å². The largest absolute Gasteiger partial charge is 0.465 e. The predicted octanol–water partition coefficient (Wildman–Crippen LogP) is 1.87. The van der Waals surface area contributed by atoms with E-state index < -0.39 is 0 Å². The molecule has 3 aromatic rings. The van der Waals surface area contributed by atoms with Crippen LogP contribution in [0.2, 0.25) is 0 Å². The first-order valence-corrected chi connectivity index (χ1v) is 7.68. The molecule has 1 aromatic carbocycles. The van der Waals surface area contributed by atoms with Crippen LogP contribution in [-0.2, 0) is 9.53 Å². The molecule has 0 aliphatic carbocycles. The standard InChI is InChI=1S/C14H13N5O2S/c1-2-21-11(20)8-22-14-12-13(15-9-16-14)19(18-17-12)10-6-4-3-5-7-10/h3-7,9H,2,8H2,1H3. The van der Waals surface area contributed by atoms with Crippen LogP contribution in [0.3, 0.4) is 0 Å². The SMILES string of the molecule is CCOC(=O)CSc1ncnc2c1nnn2-c1ccccc1. The summed E-state index contributed by atoms with van der Waals surface area (Å²) in [4.78, 5) is 19.9. The van der Waals surface area contributed by atoms with Crippen molar-refractivity contribution in [3.63, 3.8) is 0 Å². The molecule has 2 heterocycles. The summed E-state index contributed by atoms with van der Waals surface area (Å²) in [5, 5.41) is 8.87. The van der Waals surface area contributed by atoms with Crippen LogP contribution in [-0.4, -0.2) is 43.3 Å². The molecule has 0 N–H and O–H groups in total. The van der Waals surface area contributed by atoms with E-state index in [4.69, 9.17) is 4.74 Å². The number of aromatic nitrogens is 5. The first kappa shape index (κ1) is 14.5. The van der Waals surface area contributed by atoms with Gasteiger partial charge in [0.2, 0.25) is 0 Å². The lowest BCUT2D eigenvalue weighted by molar-refractivity contribution is -0.139. The van der Waals surface area contributed by atoms with Crippen molar-refractivity contribution in [3.8, 4) is 5.69 Å². The van der Waals surface area contributed by atoms with E-state index in [1.165, 1.54) is 18.1 Å². The van der Waals surface area contributed by atoms with Crippen LogP contribution < -0.4 is 0 Å². The molecule has 8 heteroatoms. The summed E-state index contributed by atoms with van der Waals surface area (Å²) in [7, 11) is 0. The van der Waals surface area contributed by atoms with Crippen LogP contribution >= 0.6 is 11.8 Å². The first-order chi connectivity index (χ1) is 10.8. The summed E-state index contributed by atoms with van der Waals surface area (Å²) in [5.41, 5.74) is 2.04. The van der Waals surface area contributed by atoms with Crippen LogP contribution in [0.25, 0.3) is 16.9 Å². The van der Waals surface area contributed by atoms with Gasteiger partial charge in [-0.05, 0) is 19.1 Å². The van der Waals surface area contributed by atoms with Gasteiger partial charge in [-0.15, -0.1) is 5.10 Å². The molecular weight excluding hydrogens is 302 g/mol. The quantitative estimate of drug-likeness (QED) is 0.404. The average molecular weight is 315 g/mol. The maximum atomic E-state index is 11.5. The normalized spacial score (nSPS) is 10.8. The predicted molar refractivity (Wildman–Crippen MR) is 81.8 cm³/mol. The topological polar surface area (TPSA) is 82.8 Å². The van der Waals surface area contributed by atoms with E-state index in [1.807, 2.05) is 30.3 Å². The number of ether oxygens (including phenoxy) is 1. The molecule has 0 atom stereocenters. The van der Waals surface area contributed by atoms with Crippen molar-refractivity contribution in [2.45, 2.75) is 11.9 Å². The van der Waals surface area contributed by atoms with Crippen LogP contribution in [0.1, 0.15) is 6.92 Å². The van der Waals surface area contributed by atoms with E-state index in [9.17, 15) is 4.79 Å². The van der Waals surface area contributed by atoms with E-state index in [2.05, 4.69) is 20.3 Å². The highest BCUT2D eigenvalue weighted by Crippen LogP contribution is 2.23. The highest BCUT2D eigenvalue weighted by Gasteiger charge is 2.14. The monoisotopic (exact) mass is 315 g/mol. The average Bonchev–Trinajstić information content (AvgIpc) is 2.98. The number of carbonyl (C=O) groups excluding carboxylic acids is 1. The number of esters is 1. The van der Waals surface area contributed by atoms with Gasteiger partial charge in [0, 0.05) is 0 Å². The van der Waals surface area contributed by atoms with E-state index in [-0.39, 0.29) is 11.7 Å². The maximum Gasteiger partial charge on any atom is 0.316 e. The molecule has 0 radical (unpaired) electrons. The highest BCUT2D eigenvalue weighted by molar-refractivity contribution is 8.00. The number of para-hydroxylation sites is 1. The molecule has 0 saturated carbocycles. The number of hydrogen-bond acceptors (Lipinski definition) is 7. The van der Waals surface area contributed by atoms with Gasteiger partial charge < -0.3 is 4.74 Å². The molecular formula is C14H13N5O2S. The Morgan fingerprint density at radius 3 is 2.86 bits per heavy atom. The number of carbonyl (C=O) groups is 1. The zero-order chi connectivity index (χ0) is 15.4. The second kappa shape index (κ2) is 6.52. The molecule has 0 unspecified atom stereocenters. The number of fused-ring (bicyclic) bond motifs is 1. The Bertz CT molecular complexity index is 790. The van der Waals surface area contributed by atoms with Crippen molar-refractivity contribution in [2.24, 2.45) is 0 Å². The molecule has 22 heavy (non-hydrogen) atoms. The van der Waals surface area contributed by atoms with E-state index in [0.29, 0.717) is 22.8 Å². The third-order valence-electron chi connectivity index (χ3n) is 2.84. The third kappa shape index (κ3) is 2.91. The van der Waals surface area contributed by atoms with Gasteiger partial charge in [0.05, 0.1) is 18.0 Å². The molecule has 0 fully saturated rings.